The molecule has 1 atom stereocenters. The zero-order valence-corrected chi connectivity index (χ0v) is 10.4. The van der Waals surface area contributed by atoms with Crippen LogP contribution >= 0.6 is 0 Å². The molecule has 1 rings (SSSR count). The maximum Gasteiger partial charge on any atom is 0.237 e. The molecule has 1 saturated heterocycles. The van der Waals surface area contributed by atoms with Crippen molar-refractivity contribution in [3.8, 4) is 0 Å². The lowest BCUT2D eigenvalue weighted by Crippen LogP contribution is -2.45. The van der Waals surface area contributed by atoms with Gasteiger partial charge in [-0.25, -0.2) is 0 Å². The minimum atomic E-state index is 0.0490. The second-order valence-electron chi connectivity index (χ2n) is 5.51. The van der Waals surface area contributed by atoms with Gasteiger partial charge in [0.15, 0.2) is 0 Å². The van der Waals surface area contributed by atoms with E-state index in [9.17, 15) is 4.79 Å². The van der Waals surface area contributed by atoms with E-state index < -0.39 is 0 Å². The van der Waals surface area contributed by atoms with Gasteiger partial charge in [-0.3, -0.25) is 4.79 Å². The first-order valence-electron chi connectivity index (χ1n) is 5.94. The van der Waals surface area contributed by atoms with E-state index in [0.29, 0.717) is 5.92 Å². The second kappa shape index (κ2) is 4.97. The molecule has 1 aliphatic heterocycles. The monoisotopic (exact) mass is 212 g/mol. The van der Waals surface area contributed by atoms with Gasteiger partial charge in [-0.15, -0.1) is 0 Å². The molecule has 88 valence electrons. The number of hydrogen-bond acceptors (Lipinski definition) is 2. The van der Waals surface area contributed by atoms with Gasteiger partial charge in [0.2, 0.25) is 5.91 Å². The van der Waals surface area contributed by atoms with Crippen LogP contribution in [0.2, 0.25) is 0 Å². The molecule has 0 aromatic rings. The van der Waals surface area contributed by atoms with Gasteiger partial charge < -0.3 is 10.6 Å². The Morgan fingerprint density at radius 1 is 1.53 bits per heavy atom. The minimum absolute atomic E-state index is 0.0490. The largest absolute Gasteiger partial charge is 0.354 e. The number of carbonyl (C=O) groups is 1. The van der Waals surface area contributed by atoms with Crippen molar-refractivity contribution in [2.75, 3.05) is 13.1 Å². The van der Waals surface area contributed by atoms with Crippen molar-refractivity contribution in [2.24, 2.45) is 11.3 Å². The lowest BCUT2D eigenvalue weighted by Gasteiger charge is -2.29. The molecule has 0 bridgehead atoms. The van der Waals surface area contributed by atoms with Gasteiger partial charge in [0.1, 0.15) is 0 Å². The molecule has 0 unspecified atom stereocenters. The second-order valence-corrected chi connectivity index (χ2v) is 5.51. The third-order valence-electron chi connectivity index (χ3n) is 3.66. The number of amides is 1. The summed E-state index contributed by atoms with van der Waals surface area (Å²) < 4.78 is 0. The van der Waals surface area contributed by atoms with Gasteiger partial charge >= 0.3 is 0 Å². The van der Waals surface area contributed by atoms with Crippen LogP contribution in [0.25, 0.3) is 0 Å². The zero-order chi connectivity index (χ0) is 11.5. The zero-order valence-electron chi connectivity index (χ0n) is 10.4. The molecule has 1 heterocycles. The first-order chi connectivity index (χ1) is 6.93. The van der Waals surface area contributed by atoms with Crippen molar-refractivity contribution < 1.29 is 4.79 Å². The van der Waals surface area contributed by atoms with E-state index in [0.717, 1.165) is 25.9 Å². The highest BCUT2D eigenvalue weighted by Crippen LogP contribution is 2.24. The summed E-state index contributed by atoms with van der Waals surface area (Å²) in [5, 5.41) is 6.25. The third-order valence-corrected chi connectivity index (χ3v) is 3.66. The Labute approximate surface area is 93.0 Å². The van der Waals surface area contributed by atoms with Gasteiger partial charge in [-0.2, -0.15) is 0 Å². The molecule has 0 aromatic carbocycles. The molecule has 0 aromatic heterocycles. The smallest absolute Gasteiger partial charge is 0.237 e. The van der Waals surface area contributed by atoms with Crippen molar-refractivity contribution in [2.45, 2.75) is 46.6 Å². The van der Waals surface area contributed by atoms with E-state index >= 15 is 0 Å². The molecule has 3 heteroatoms. The summed E-state index contributed by atoms with van der Waals surface area (Å²) in [4.78, 5) is 11.7. The standard InChI is InChI=1S/C12H24N2O/c1-9(2)12(3,4)8-14-11(15)10-6-5-7-13-10/h9-10,13H,5-8H2,1-4H3,(H,14,15)/t10-/m0/s1. The molecule has 0 radical (unpaired) electrons. The van der Waals surface area contributed by atoms with Crippen molar-refractivity contribution in [3.63, 3.8) is 0 Å². The van der Waals surface area contributed by atoms with E-state index in [4.69, 9.17) is 0 Å². The fraction of sp³-hybridized carbons (Fsp3) is 0.917. The number of carbonyl (C=O) groups excluding carboxylic acids is 1. The third kappa shape index (κ3) is 3.49. The quantitative estimate of drug-likeness (QED) is 0.742. The van der Waals surface area contributed by atoms with E-state index in [1.807, 2.05) is 0 Å². The molecular weight excluding hydrogens is 188 g/mol. The average molecular weight is 212 g/mol. The lowest BCUT2D eigenvalue weighted by atomic mass is 9.81. The number of hydrogen-bond donors (Lipinski definition) is 2. The van der Waals surface area contributed by atoms with E-state index in [-0.39, 0.29) is 17.4 Å². The Balaban J connectivity index is 2.33. The first-order valence-corrected chi connectivity index (χ1v) is 5.94. The molecular formula is C12H24N2O. The first kappa shape index (κ1) is 12.5. The summed E-state index contributed by atoms with van der Waals surface area (Å²) in [5.41, 5.74) is 0.175. The predicted octanol–water partition coefficient (Wildman–Crippen LogP) is 1.54. The number of rotatable bonds is 4. The number of nitrogens with one attached hydrogen (secondary N) is 2. The van der Waals surface area contributed by atoms with Crippen molar-refractivity contribution in [1.82, 2.24) is 10.6 Å². The summed E-state index contributed by atoms with van der Waals surface area (Å²) in [6.45, 7) is 10.5. The molecule has 1 aliphatic rings. The summed E-state index contributed by atoms with van der Waals surface area (Å²) in [6, 6.07) is 0.0490. The van der Waals surface area contributed by atoms with Crippen LogP contribution in [0.5, 0.6) is 0 Å². The summed E-state index contributed by atoms with van der Waals surface area (Å²) in [7, 11) is 0. The Morgan fingerprint density at radius 2 is 2.20 bits per heavy atom. The van der Waals surface area contributed by atoms with Gasteiger partial charge in [-0.05, 0) is 30.7 Å². The van der Waals surface area contributed by atoms with Crippen LogP contribution in [0, 0.1) is 11.3 Å². The summed E-state index contributed by atoms with van der Waals surface area (Å²) in [6.07, 6.45) is 2.10. The van der Waals surface area contributed by atoms with E-state index in [1.165, 1.54) is 0 Å². The van der Waals surface area contributed by atoms with Crippen LogP contribution in [0.3, 0.4) is 0 Å². The Hall–Kier alpha value is -0.570. The molecule has 0 saturated carbocycles. The van der Waals surface area contributed by atoms with E-state index in [2.05, 4.69) is 38.3 Å². The highest BCUT2D eigenvalue weighted by molar-refractivity contribution is 5.82. The molecule has 0 aliphatic carbocycles. The maximum atomic E-state index is 11.7. The van der Waals surface area contributed by atoms with Gasteiger partial charge in [0.25, 0.3) is 0 Å². The van der Waals surface area contributed by atoms with Crippen molar-refractivity contribution >= 4 is 5.91 Å². The van der Waals surface area contributed by atoms with Crippen molar-refractivity contribution in [1.29, 1.82) is 0 Å². The van der Waals surface area contributed by atoms with Gasteiger partial charge in [-0.1, -0.05) is 27.7 Å². The summed E-state index contributed by atoms with van der Waals surface area (Å²) >= 11 is 0. The normalized spacial score (nSPS) is 22.1. The molecule has 2 N–H and O–H groups in total. The van der Waals surface area contributed by atoms with Crippen LogP contribution in [0.4, 0.5) is 0 Å². The van der Waals surface area contributed by atoms with Crippen LogP contribution in [-0.4, -0.2) is 25.0 Å². The Bertz CT molecular complexity index is 218. The maximum absolute atomic E-state index is 11.7. The predicted molar refractivity (Wildman–Crippen MR) is 62.7 cm³/mol. The minimum Gasteiger partial charge on any atom is -0.354 e. The fourth-order valence-corrected chi connectivity index (χ4v) is 1.55. The highest BCUT2D eigenvalue weighted by atomic mass is 16.2. The van der Waals surface area contributed by atoms with Crippen LogP contribution in [-0.2, 0) is 4.79 Å². The molecule has 0 spiro atoms. The molecule has 15 heavy (non-hydrogen) atoms. The average Bonchev–Trinajstić information content (AvgIpc) is 2.66. The lowest BCUT2D eigenvalue weighted by molar-refractivity contribution is -0.123. The molecule has 1 amide bonds. The summed E-state index contributed by atoms with van der Waals surface area (Å²) in [5.74, 6) is 0.746. The van der Waals surface area contributed by atoms with Crippen LogP contribution in [0.1, 0.15) is 40.5 Å². The molecule has 3 nitrogen and oxygen atoms in total. The van der Waals surface area contributed by atoms with Crippen molar-refractivity contribution in [3.05, 3.63) is 0 Å². The van der Waals surface area contributed by atoms with Crippen LogP contribution < -0.4 is 10.6 Å². The molecule has 1 fully saturated rings. The highest BCUT2D eigenvalue weighted by Gasteiger charge is 2.26. The SMILES string of the molecule is CC(C)C(C)(C)CNC(=O)[C@@H]1CCCN1. The Kier molecular flexibility index (Phi) is 4.14. The topological polar surface area (TPSA) is 41.1 Å². The van der Waals surface area contributed by atoms with Gasteiger partial charge in [0.05, 0.1) is 6.04 Å². The van der Waals surface area contributed by atoms with Crippen LogP contribution in [0.15, 0.2) is 0 Å². The van der Waals surface area contributed by atoms with E-state index in [1.54, 1.807) is 0 Å². The fourth-order valence-electron chi connectivity index (χ4n) is 1.55. The Morgan fingerprint density at radius 3 is 2.67 bits per heavy atom. The van der Waals surface area contributed by atoms with Gasteiger partial charge in [0, 0.05) is 6.54 Å².